The number of nitrogens with zero attached hydrogens (tertiary/aromatic N) is 3. The molecule has 0 unspecified atom stereocenters. The fraction of sp³-hybridized carbons (Fsp3) is 0.133. The predicted octanol–water partition coefficient (Wildman–Crippen LogP) is 2.95. The minimum absolute atomic E-state index is 0.00510. The fourth-order valence-corrected chi connectivity index (χ4v) is 2.93. The van der Waals surface area contributed by atoms with Crippen LogP contribution in [0.25, 0.3) is 10.6 Å². The standard InChI is InChI=1S/C15H13N3O2S/c19-15(20)13-14(12-7-4-10-21-12)18(17-16-13)9-8-11-5-2-1-3-6-11/h1-7,10H,8-9H2,(H,19,20). The third-order valence-electron chi connectivity index (χ3n) is 3.15. The number of carboxylic acids is 1. The Kier molecular flexibility index (Phi) is 3.79. The van der Waals surface area contributed by atoms with Crippen LogP contribution in [0.3, 0.4) is 0 Å². The topological polar surface area (TPSA) is 68.0 Å². The molecule has 106 valence electrons. The van der Waals surface area contributed by atoms with Crippen LogP contribution in [0.15, 0.2) is 47.8 Å². The Balaban J connectivity index is 1.90. The highest BCUT2D eigenvalue weighted by Crippen LogP contribution is 2.27. The van der Waals surface area contributed by atoms with Crippen LogP contribution in [0, 0.1) is 0 Å². The number of carbonyl (C=O) groups is 1. The molecule has 0 aliphatic rings. The average molecular weight is 299 g/mol. The van der Waals surface area contributed by atoms with Gasteiger partial charge in [0.25, 0.3) is 0 Å². The summed E-state index contributed by atoms with van der Waals surface area (Å²) in [5, 5.41) is 19.0. The third-order valence-corrected chi connectivity index (χ3v) is 4.02. The summed E-state index contributed by atoms with van der Waals surface area (Å²) in [6, 6.07) is 13.8. The molecule has 2 aromatic heterocycles. The zero-order valence-electron chi connectivity index (χ0n) is 11.1. The van der Waals surface area contributed by atoms with Gasteiger partial charge in [0.1, 0.15) is 5.69 Å². The first-order valence-corrected chi connectivity index (χ1v) is 7.38. The lowest BCUT2D eigenvalue weighted by atomic mass is 10.1. The molecule has 0 radical (unpaired) electrons. The van der Waals surface area contributed by atoms with Gasteiger partial charge in [-0.15, -0.1) is 16.4 Å². The number of aromatic carboxylic acids is 1. The lowest BCUT2D eigenvalue weighted by Gasteiger charge is -2.05. The molecule has 2 heterocycles. The Morgan fingerprint density at radius 3 is 2.67 bits per heavy atom. The molecule has 1 aromatic carbocycles. The number of hydrogen-bond acceptors (Lipinski definition) is 4. The Labute approximate surface area is 125 Å². The molecular formula is C15H13N3O2S. The molecular weight excluding hydrogens is 286 g/mol. The van der Waals surface area contributed by atoms with Crippen LogP contribution >= 0.6 is 11.3 Å². The van der Waals surface area contributed by atoms with Crippen LogP contribution in [0.2, 0.25) is 0 Å². The molecule has 6 heteroatoms. The molecule has 0 spiro atoms. The Morgan fingerprint density at radius 2 is 2.00 bits per heavy atom. The largest absolute Gasteiger partial charge is 0.476 e. The molecule has 0 saturated heterocycles. The number of carboxylic acid groups (broad SMARTS) is 1. The second kappa shape index (κ2) is 5.88. The predicted molar refractivity (Wildman–Crippen MR) is 80.4 cm³/mol. The second-order valence-corrected chi connectivity index (χ2v) is 5.48. The zero-order valence-corrected chi connectivity index (χ0v) is 12.0. The van der Waals surface area contributed by atoms with Crippen molar-refractivity contribution in [2.75, 3.05) is 0 Å². The summed E-state index contributed by atoms with van der Waals surface area (Å²) in [4.78, 5) is 12.2. The van der Waals surface area contributed by atoms with E-state index in [1.54, 1.807) is 4.68 Å². The number of aromatic nitrogens is 3. The van der Waals surface area contributed by atoms with Crippen LogP contribution in [0.4, 0.5) is 0 Å². The summed E-state index contributed by atoms with van der Waals surface area (Å²) in [5.74, 6) is -1.05. The van der Waals surface area contributed by atoms with E-state index in [4.69, 9.17) is 0 Å². The summed E-state index contributed by atoms with van der Waals surface area (Å²) < 4.78 is 1.67. The van der Waals surface area contributed by atoms with Crippen molar-refractivity contribution in [1.82, 2.24) is 15.0 Å². The first kappa shape index (κ1) is 13.5. The van der Waals surface area contributed by atoms with Crippen LogP contribution in [-0.2, 0) is 13.0 Å². The smallest absolute Gasteiger partial charge is 0.358 e. The molecule has 0 aliphatic heterocycles. The monoisotopic (exact) mass is 299 g/mol. The van der Waals surface area contributed by atoms with Gasteiger partial charge in [-0.2, -0.15) is 0 Å². The number of hydrogen-bond donors (Lipinski definition) is 1. The fourth-order valence-electron chi connectivity index (χ4n) is 2.15. The van der Waals surface area contributed by atoms with Gasteiger partial charge in [0.15, 0.2) is 5.69 Å². The number of aryl methyl sites for hydroxylation is 2. The van der Waals surface area contributed by atoms with E-state index in [0.29, 0.717) is 12.2 Å². The molecule has 3 aromatic rings. The molecule has 0 atom stereocenters. The SMILES string of the molecule is O=C(O)c1nnn(CCc2ccccc2)c1-c1cccs1. The lowest BCUT2D eigenvalue weighted by Crippen LogP contribution is -2.06. The molecule has 0 aliphatic carbocycles. The van der Waals surface area contributed by atoms with Crippen molar-refractivity contribution < 1.29 is 9.90 Å². The van der Waals surface area contributed by atoms with E-state index in [1.807, 2.05) is 47.8 Å². The van der Waals surface area contributed by atoms with Gasteiger partial charge in [-0.25, -0.2) is 9.48 Å². The van der Waals surface area contributed by atoms with Crippen molar-refractivity contribution in [2.24, 2.45) is 0 Å². The van der Waals surface area contributed by atoms with Gasteiger partial charge in [0.05, 0.1) is 4.88 Å². The maximum atomic E-state index is 11.3. The van der Waals surface area contributed by atoms with E-state index in [2.05, 4.69) is 10.3 Å². The van der Waals surface area contributed by atoms with Gasteiger partial charge in [-0.1, -0.05) is 41.6 Å². The number of rotatable bonds is 5. The van der Waals surface area contributed by atoms with Gasteiger partial charge in [-0.05, 0) is 23.4 Å². The van der Waals surface area contributed by atoms with E-state index in [9.17, 15) is 9.90 Å². The summed E-state index contributed by atoms with van der Waals surface area (Å²) in [6.45, 7) is 0.595. The van der Waals surface area contributed by atoms with Crippen LogP contribution in [0.5, 0.6) is 0 Å². The van der Waals surface area contributed by atoms with E-state index in [-0.39, 0.29) is 5.69 Å². The second-order valence-electron chi connectivity index (χ2n) is 4.53. The third kappa shape index (κ3) is 2.85. The van der Waals surface area contributed by atoms with Crippen LogP contribution < -0.4 is 0 Å². The van der Waals surface area contributed by atoms with Crippen molar-refractivity contribution in [3.8, 4) is 10.6 Å². The summed E-state index contributed by atoms with van der Waals surface area (Å²) >= 11 is 1.48. The van der Waals surface area contributed by atoms with Gasteiger partial charge in [0, 0.05) is 6.54 Å². The lowest BCUT2D eigenvalue weighted by molar-refractivity contribution is 0.0691. The molecule has 3 rings (SSSR count). The highest BCUT2D eigenvalue weighted by atomic mass is 32.1. The van der Waals surface area contributed by atoms with Crippen molar-refractivity contribution in [3.63, 3.8) is 0 Å². The summed E-state index contributed by atoms with van der Waals surface area (Å²) in [5.41, 5.74) is 1.76. The molecule has 21 heavy (non-hydrogen) atoms. The van der Waals surface area contributed by atoms with E-state index >= 15 is 0 Å². The van der Waals surface area contributed by atoms with Crippen molar-refractivity contribution in [3.05, 3.63) is 59.1 Å². The van der Waals surface area contributed by atoms with Gasteiger partial charge in [-0.3, -0.25) is 0 Å². The first-order valence-electron chi connectivity index (χ1n) is 6.50. The maximum Gasteiger partial charge on any atom is 0.358 e. The molecule has 0 amide bonds. The Hall–Kier alpha value is -2.47. The minimum atomic E-state index is -1.05. The normalized spacial score (nSPS) is 10.7. The molecule has 0 saturated carbocycles. The number of thiophene rings is 1. The van der Waals surface area contributed by atoms with Crippen molar-refractivity contribution >= 4 is 17.3 Å². The first-order chi connectivity index (χ1) is 10.3. The molecule has 0 bridgehead atoms. The summed E-state index contributed by atoms with van der Waals surface area (Å²) in [7, 11) is 0. The Morgan fingerprint density at radius 1 is 1.19 bits per heavy atom. The quantitative estimate of drug-likeness (QED) is 0.786. The maximum absolute atomic E-state index is 11.3. The minimum Gasteiger partial charge on any atom is -0.476 e. The van der Waals surface area contributed by atoms with Gasteiger partial charge < -0.3 is 5.11 Å². The average Bonchev–Trinajstić information content (AvgIpc) is 3.15. The van der Waals surface area contributed by atoms with E-state index in [1.165, 1.54) is 16.9 Å². The molecule has 0 fully saturated rings. The zero-order chi connectivity index (χ0) is 14.7. The van der Waals surface area contributed by atoms with E-state index < -0.39 is 5.97 Å². The highest BCUT2D eigenvalue weighted by Gasteiger charge is 2.21. The molecule has 1 N–H and O–H groups in total. The Bertz CT molecular complexity index is 736. The molecule has 5 nitrogen and oxygen atoms in total. The van der Waals surface area contributed by atoms with E-state index in [0.717, 1.165) is 11.3 Å². The summed E-state index contributed by atoms with van der Waals surface area (Å²) in [6.07, 6.45) is 0.779. The van der Waals surface area contributed by atoms with Crippen molar-refractivity contribution in [1.29, 1.82) is 0 Å². The highest BCUT2D eigenvalue weighted by molar-refractivity contribution is 7.13. The van der Waals surface area contributed by atoms with Gasteiger partial charge >= 0.3 is 5.97 Å². The van der Waals surface area contributed by atoms with Crippen LogP contribution in [-0.4, -0.2) is 26.1 Å². The van der Waals surface area contributed by atoms with Gasteiger partial charge in [0.2, 0.25) is 0 Å². The number of benzene rings is 1. The van der Waals surface area contributed by atoms with Crippen molar-refractivity contribution in [2.45, 2.75) is 13.0 Å². The van der Waals surface area contributed by atoms with Crippen LogP contribution in [0.1, 0.15) is 16.1 Å².